The second kappa shape index (κ2) is 16.7. The molecule has 1 aromatic carbocycles. The van der Waals surface area contributed by atoms with E-state index < -0.39 is 0 Å². The van der Waals surface area contributed by atoms with E-state index in [1.54, 1.807) is 11.8 Å². The summed E-state index contributed by atoms with van der Waals surface area (Å²) in [5.74, 6) is 1.66. The lowest BCUT2D eigenvalue weighted by atomic mass is 9.92. The summed E-state index contributed by atoms with van der Waals surface area (Å²) in [5.41, 5.74) is 8.51. The Balaban J connectivity index is 1.45. The molecule has 1 atom stereocenters. The van der Waals surface area contributed by atoms with Crippen LogP contribution in [0, 0.1) is 22.3 Å². The van der Waals surface area contributed by atoms with Crippen molar-refractivity contribution >= 4 is 51.8 Å². The fraction of sp³-hybridized carbons (Fsp3) is 0.370. The molecule has 0 aliphatic heterocycles. The Labute approximate surface area is 249 Å². The summed E-state index contributed by atoms with van der Waals surface area (Å²) in [7, 11) is 2.11. The zero-order valence-electron chi connectivity index (χ0n) is 22.4. The van der Waals surface area contributed by atoms with Gasteiger partial charge in [-0.2, -0.15) is 17.0 Å². The highest BCUT2D eigenvalue weighted by Crippen LogP contribution is 2.28. The molecule has 2 heterocycles. The second-order valence-electron chi connectivity index (χ2n) is 9.11. The molecule has 6 N–H and O–H groups in total. The number of guanidine groups is 2. The van der Waals surface area contributed by atoms with E-state index in [0.29, 0.717) is 18.2 Å². The molecule has 0 fully saturated rings. The number of halogens is 1. The molecule has 0 radical (unpaired) electrons. The molecule has 1 unspecified atom stereocenters. The number of pyridine rings is 1. The summed E-state index contributed by atoms with van der Waals surface area (Å²) in [4.78, 5) is 13.2. The highest BCUT2D eigenvalue weighted by atomic mass is 35.5. The first-order valence-corrected chi connectivity index (χ1v) is 15.2. The van der Waals surface area contributed by atoms with Crippen molar-refractivity contribution in [1.82, 2.24) is 25.1 Å². The Morgan fingerprint density at radius 2 is 1.98 bits per heavy atom. The average Bonchev–Trinajstić information content (AvgIpc) is 3.38. The van der Waals surface area contributed by atoms with Crippen molar-refractivity contribution < 1.29 is 0 Å². The third-order valence-corrected chi connectivity index (χ3v) is 8.15. The Hall–Kier alpha value is -3.37. The maximum atomic E-state index is 9.02. The van der Waals surface area contributed by atoms with E-state index in [2.05, 4.69) is 50.7 Å². The Morgan fingerprint density at radius 1 is 1.18 bits per heavy atom. The van der Waals surface area contributed by atoms with E-state index in [1.165, 1.54) is 16.9 Å². The lowest BCUT2D eigenvalue weighted by molar-refractivity contribution is 0.298. The first-order chi connectivity index (χ1) is 19.4. The minimum absolute atomic E-state index is 0.116. The lowest BCUT2D eigenvalue weighted by Crippen LogP contribution is -2.41. The lowest BCUT2D eigenvalue weighted by Gasteiger charge is -2.26. The second-order valence-corrected chi connectivity index (χ2v) is 11.5. The maximum absolute atomic E-state index is 9.02. The largest absolute Gasteiger partial charge is 0.370 e. The number of benzene rings is 1. The number of thiazole rings is 1. The van der Waals surface area contributed by atoms with Gasteiger partial charge in [0, 0.05) is 52.8 Å². The van der Waals surface area contributed by atoms with E-state index in [1.807, 2.05) is 46.9 Å². The molecule has 0 bridgehead atoms. The number of nitrogens with one attached hydrogen (secondary N) is 4. The van der Waals surface area contributed by atoms with Crippen molar-refractivity contribution in [2.75, 3.05) is 44.3 Å². The van der Waals surface area contributed by atoms with Crippen LogP contribution in [-0.4, -0.2) is 70.7 Å². The van der Waals surface area contributed by atoms with Crippen molar-refractivity contribution in [2.45, 2.75) is 24.5 Å². The van der Waals surface area contributed by atoms with E-state index in [9.17, 15) is 0 Å². The van der Waals surface area contributed by atoms with Crippen molar-refractivity contribution in [3.63, 3.8) is 0 Å². The minimum atomic E-state index is -0.132. The molecular weight excluding hydrogens is 564 g/mol. The third kappa shape index (κ3) is 10.7. The number of thioether (sulfide) groups is 1. The fourth-order valence-corrected chi connectivity index (χ4v) is 5.92. The van der Waals surface area contributed by atoms with E-state index in [-0.39, 0.29) is 17.8 Å². The predicted molar refractivity (Wildman–Crippen MR) is 166 cm³/mol. The summed E-state index contributed by atoms with van der Waals surface area (Å²) in [6.07, 6.45) is 5.47. The number of nitrogens with two attached hydrogens (primary N) is 1. The number of hydrogen-bond donors (Lipinski definition) is 5. The maximum Gasteiger partial charge on any atom is 0.204 e. The summed E-state index contributed by atoms with van der Waals surface area (Å²) in [6.45, 7) is 3.07. The Morgan fingerprint density at radius 3 is 2.67 bits per heavy atom. The van der Waals surface area contributed by atoms with Crippen LogP contribution in [0.1, 0.15) is 35.7 Å². The fourth-order valence-electron chi connectivity index (χ4n) is 4.12. The van der Waals surface area contributed by atoms with Gasteiger partial charge in [-0.1, -0.05) is 29.8 Å². The number of nitrogens with zero attached hydrogens (tertiary/aromatic N) is 5. The van der Waals surface area contributed by atoms with Crippen LogP contribution in [-0.2, 0) is 5.75 Å². The molecule has 0 amide bonds. The van der Waals surface area contributed by atoms with Crippen LogP contribution in [0.25, 0.3) is 0 Å². The van der Waals surface area contributed by atoms with Gasteiger partial charge in [-0.05, 0) is 62.8 Å². The number of nitriles is 1. The summed E-state index contributed by atoms with van der Waals surface area (Å²) in [6, 6.07) is 14.0. The molecule has 0 spiro atoms. The highest BCUT2D eigenvalue weighted by molar-refractivity contribution is 7.98. The monoisotopic (exact) mass is 598 g/mol. The van der Waals surface area contributed by atoms with E-state index in [0.717, 1.165) is 53.8 Å². The van der Waals surface area contributed by atoms with E-state index in [4.69, 9.17) is 33.4 Å². The topological polar surface area (TPSA) is 154 Å². The van der Waals surface area contributed by atoms with Gasteiger partial charge >= 0.3 is 0 Å². The van der Waals surface area contributed by atoms with Crippen LogP contribution in [0.5, 0.6) is 0 Å². The van der Waals surface area contributed by atoms with Gasteiger partial charge in [0.05, 0.1) is 5.69 Å². The van der Waals surface area contributed by atoms with Gasteiger partial charge < -0.3 is 20.9 Å². The molecule has 0 saturated carbocycles. The molecular formula is C27H35ClN10S2. The number of aromatic nitrogens is 2. The molecule has 10 nitrogen and oxygen atoms in total. The van der Waals surface area contributed by atoms with Gasteiger partial charge in [0.25, 0.3) is 0 Å². The standard InChI is InChI=1S/C27H35ClN10S2/c1-37(14-10-23(24-5-2-3-11-33-24)20-6-8-21(28)9-7-20)12-4-13-38(26(32)34-19-29)15-16-39-17-22-18-40-27(35-22)36-25(30)31/h2-3,5-9,11,18,23H,4,10,12-17H2,1H3,(H2,32,34)(H4,30,31,35,36). The van der Waals surface area contributed by atoms with Gasteiger partial charge in [0.15, 0.2) is 17.3 Å². The number of hydrogen-bond acceptors (Lipinski definition) is 8. The van der Waals surface area contributed by atoms with Crippen molar-refractivity contribution in [1.29, 1.82) is 16.1 Å². The van der Waals surface area contributed by atoms with Crippen LogP contribution in [0.2, 0.25) is 5.02 Å². The number of rotatable bonds is 15. The van der Waals surface area contributed by atoms with Gasteiger partial charge in [-0.25, -0.2) is 4.98 Å². The summed E-state index contributed by atoms with van der Waals surface area (Å²) < 4.78 is 0. The van der Waals surface area contributed by atoms with Crippen molar-refractivity contribution in [3.05, 3.63) is 76.0 Å². The van der Waals surface area contributed by atoms with Gasteiger partial charge in [0.2, 0.25) is 5.96 Å². The molecule has 0 aliphatic carbocycles. The SMILES string of the molecule is CN(CCCN(CCSCc1csc(NC(=N)N)n1)C(=N)NC#N)CCC(c1ccc(Cl)cc1)c1ccccn1. The van der Waals surface area contributed by atoms with Crippen molar-refractivity contribution in [2.24, 2.45) is 5.73 Å². The van der Waals surface area contributed by atoms with Gasteiger partial charge in [-0.3, -0.25) is 21.1 Å². The summed E-state index contributed by atoms with van der Waals surface area (Å²) in [5, 5.41) is 33.0. The predicted octanol–water partition coefficient (Wildman–Crippen LogP) is 4.58. The molecule has 0 saturated heterocycles. The van der Waals surface area contributed by atoms with Crippen molar-refractivity contribution in [3.8, 4) is 6.19 Å². The van der Waals surface area contributed by atoms with Crippen LogP contribution in [0.3, 0.4) is 0 Å². The zero-order chi connectivity index (χ0) is 28.7. The van der Waals surface area contributed by atoms with E-state index >= 15 is 0 Å². The molecule has 2 aromatic heterocycles. The molecule has 40 heavy (non-hydrogen) atoms. The molecule has 13 heteroatoms. The van der Waals surface area contributed by atoms with Crippen LogP contribution in [0.15, 0.2) is 54.0 Å². The van der Waals surface area contributed by atoms with Crippen LogP contribution >= 0.6 is 34.7 Å². The molecule has 3 aromatic rings. The first-order valence-electron chi connectivity index (χ1n) is 12.8. The average molecular weight is 599 g/mol. The van der Waals surface area contributed by atoms with Crippen LogP contribution in [0.4, 0.5) is 5.13 Å². The summed E-state index contributed by atoms with van der Waals surface area (Å²) >= 11 is 9.24. The molecule has 212 valence electrons. The van der Waals surface area contributed by atoms with Gasteiger partial charge in [-0.15, -0.1) is 11.3 Å². The van der Waals surface area contributed by atoms with Crippen LogP contribution < -0.4 is 16.4 Å². The van der Waals surface area contributed by atoms with Gasteiger partial charge in [0.1, 0.15) is 0 Å². The molecule has 0 aliphatic rings. The third-order valence-electron chi connectivity index (χ3n) is 6.12. The first kappa shape index (κ1) is 31.2. The number of anilines is 1. The highest BCUT2D eigenvalue weighted by Gasteiger charge is 2.17. The zero-order valence-corrected chi connectivity index (χ0v) is 24.8. The Kier molecular flexibility index (Phi) is 13.0. The molecule has 3 rings (SSSR count). The quantitative estimate of drug-likeness (QED) is 0.0556. The minimum Gasteiger partial charge on any atom is -0.370 e. The normalized spacial score (nSPS) is 11.6. The smallest absolute Gasteiger partial charge is 0.204 e. The Bertz CT molecular complexity index is 1250.